The second kappa shape index (κ2) is 3.86. The Bertz CT molecular complexity index is 342. The maximum atomic E-state index is 9.47. The molecule has 0 bridgehead atoms. The van der Waals surface area contributed by atoms with E-state index in [-0.39, 0.29) is 5.41 Å². The van der Waals surface area contributed by atoms with E-state index in [4.69, 9.17) is 0 Å². The minimum atomic E-state index is 0.124. The summed E-state index contributed by atoms with van der Waals surface area (Å²) in [6.45, 7) is 8.00. The Morgan fingerprint density at radius 1 is 1.33 bits per heavy atom. The standard InChI is InChI=1S/C13H19NO/c1-13(2,10-14-7-4-8-14)11-5-3-6-12(15)9-11/h3,5-6,9,15H,4,7-8,10H2,1-2H3. The van der Waals surface area contributed by atoms with E-state index in [1.807, 2.05) is 12.1 Å². The number of nitrogens with zero attached hydrogens (tertiary/aromatic N) is 1. The lowest BCUT2D eigenvalue weighted by Gasteiger charge is -2.38. The van der Waals surface area contributed by atoms with Crippen molar-refractivity contribution in [1.29, 1.82) is 0 Å². The second-order valence-electron chi connectivity index (χ2n) is 5.06. The van der Waals surface area contributed by atoms with Crippen molar-refractivity contribution < 1.29 is 5.11 Å². The molecule has 1 heterocycles. The average Bonchev–Trinajstić information content (AvgIpc) is 2.12. The first-order valence-corrected chi connectivity index (χ1v) is 5.60. The maximum absolute atomic E-state index is 9.47. The lowest BCUT2D eigenvalue weighted by molar-refractivity contribution is 0.147. The van der Waals surface area contributed by atoms with Crippen LogP contribution in [0.3, 0.4) is 0 Å². The Hall–Kier alpha value is -1.02. The van der Waals surface area contributed by atoms with Crippen LogP contribution >= 0.6 is 0 Å². The molecule has 1 aromatic carbocycles. The third-order valence-corrected chi connectivity index (χ3v) is 3.20. The van der Waals surface area contributed by atoms with E-state index >= 15 is 0 Å². The highest BCUT2D eigenvalue weighted by Crippen LogP contribution is 2.28. The molecule has 82 valence electrons. The Morgan fingerprint density at radius 3 is 2.60 bits per heavy atom. The molecule has 0 radical (unpaired) electrons. The average molecular weight is 205 g/mol. The molecule has 0 aliphatic carbocycles. The second-order valence-corrected chi connectivity index (χ2v) is 5.06. The number of likely N-dealkylation sites (tertiary alicyclic amines) is 1. The van der Waals surface area contributed by atoms with E-state index in [0.29, 0.717) is 5.75 Å². The van der Waals surface area contributed by atoms with E-state index in [0.717, 1.165) is 6.54 Å². The first-order valence-electron chi connectivity index (χ1n) is 5.60. The van der Waals surface area contributed by atoms with Crippen molar-refractivity contribution in [3.8, 4) is 5.75 Å². The first kappa shape index (κ1) is 10.5. The molecule has 1 N–H and O–H groups in total. The highest BCUT2D eigenvalue weighted by Gasteiger charge is 2.26. The van der Waals surface area contributed by atoms with Crippen LogP contribution in [0, 0.1) is 0 Å². The summed E-state index contributed by atoms with van der Waals surface area (Å²) in [5.41, 5.74) is 1.34. The lowest BCUT2D eigenvalue weighted by Crippen LogP contribution is -2.44. The molecule has 0 atom stereocenters. The van der Waals surface area contributed by atoms with Crippen LogP contribution in [0.5, 0.6) is 5.75 Å². The number of hydrogen-bond acceptors (Lipinski definition) is 2. The molecule has 1 aliphatic rings. The van der Waals surface area contributed by atoms with Crippen molar-refractivity contribution in [2.45, 2.75) is 25.7 Å². The van der Waals surface area contributed by atoms with Crippen LogP contribution in [0.2, 0.25) is 0 Å². The topological polar surface area (TPSA) is 23.5 Å². The minimum Gasteiger partial charge on any atom is -0.508 e. The summed E-state index contributed by atoms with van der Waals surface area (Å²) in [7, 11) is 0. The predicted octanol–water partition coefficient (Wildman–Crippen LogP) is 2.38. The molecular weight excluding hydrogens is 186 g/mol. The van der Waals surface area contributed by atoms with Crippen LogP contribution in [0.15, 0.2) is 24.3 Å². The molecule has 2 nitrogen and oxygen atoms in total. The van der Waals surface area contributed by atoms with Gasteiger partial charge in [0.15, 0.2) is 0 Å². The molecule has 0 saturated carbocycles. The Morgan fingerprint density at radius 2 is 2.07 bits per heavy atom. The molecule has 0 aromatic heterocycles. The van der Waals surface area contributed by atoms with Crippen molar-refractivity contribution in [2.24, 2.45) is 0 Å². The number of hydrogen-bond donors (Lipinski definition) is 1. The normalized spacial score (nSPS) is 17.5. The smallest absolute Gasteiger partial charge is 0.115 e. The summed E-state index contributed by atoms with van der Waals surface area (Å²) in [6.07, 6.45) is 1.33. The van der Waals surface area contributed by atoms with Crippen LogP contribution in [0.4, 0.5) is 0 Å². The predicted molar refractivity (Wildman–Crippen MR) is 62.2 cm³/mol. The first-order chi connectivity index (χ1) is 7.08. The monoisotopic (exact) mass is 205 g/mol. The van der Waals surface area contributed by atoms with Gasteiger partial charge in [0.05, 0.1) is 0 Å². The zero-order chi connectivity index (χ0) is 10.9. The van der Waals surface area contributed by atoms with Gasteiger partial charge in [0.1, 0.15) is 5.75 Å². The van der Waals surface area contributed by atoms with Crippen molar-refractivity contribution in [3.63, 3.8) is 0 Å². The maximum Gasteiger partial charge on any atom is 0.115 e. The van der Waals surface area contributed by atoms with Crippen LogP contribution in [0.25, 0.3) is 0 Å². The Balaban J connectivity index is 2.12. The van der Waals surface area contributed by atoms with Gasteiger partial charge < -0.3 is 10.0 Å². The van der Waals surface area contributed by atoms with Crippen molar-refractivity contribution in [3.05, 3.63) is 29.8 Å². The van der Waals surface area contributed by atoms with Gasteiger partial charge in [-0.15, -0.1) is 0 Å². The summed E-state index contributed by atoms with van der Waals surface area (Å²) in [5, 5.41) is 9.47. The molecule has 1 aromatic rings. The molecule has 2 rings (SSSR count). The van der Waals surface area contributed by atoms with E-state index in [2.05, 4.69) is 24.8 Å². The fourth-order valence-electron chi connectivity index (χ4n) is 2.12. The van der Waals surface area contributed by atoms with Gasteiger partial charge in [-0.25, -0.2) is 0 Å². The summed E-state index contributed by atoms with van der Waals surface area (Å²) < 4.78 is 0. The molecule has 15 heavy (non-hydrogen) atoms. The molecule has 1 saturated heterocycles. The molecule has 2 heteroatoms. The van der Waals surface area contributed by atoms with Crippen LogP contribution < -0.4 is 0 Å². The van der Waals surface area contributed by atoms with Crippen LogP contribution in [0.1, 0.15) is 25.8 Å². The molecular formula is C13H19NO. The van der Waals surface area contributed by atoms with Gasteiger partial charge in [-0.05, 0) is 37.2 Å². The summed E-state index contributed by atoms with van der Waals surface area (Å²) in [6, 6.07) is 7.62. The van der Waals surface area contributed by atoms with Gasteiger partial charge in [-0.3, -0.25) is 0 Å². The number of phenolic OH excluding ortho intramolecular Hbond substituents is 1. The number of benzene rings is 1. The van der Waals surface area contributed by atoms with Crippen molar-refractivity contribution in [2.75, 3.05) is 19.6 Å². The number of aromatic hydroxyl groups is 1. The summed E-state index contributed by atoms with van der Waals surface area (Å²) in [4.78, 5) is 2.46. The van der Waals surface area contributed by atoms with E-state index in [1.54, 1.807) is 6.07 Å². The number of phenols is 1. The van der Waals surface area contributed by atoms with Gasteiger partial charge in [0, 0.05) is 12.0 Å². The van der Waals surface area contributed by atoms with E-state index in [9.17, 15) is 5.11 Å². The highest BCUT2D eigenvalue weighted by atomic mass is 16.3. The summed E-state index contributed by atoms with van der Waals surface area (Å²) in [5.74, 6) is 0.365. The van der Waals surface area contributed by atoms with Gasteiger partial charge >= 0.3 is 0 Å². The third-order valence-electron chi connectivity index (χ3n) is 3.20. The fourth-order valence-corrected chi connectivity index (χ4v) is 2.12. The van der Waals surface area contributed by atoms with E-state index < -0.39 is 0 Å². The van der Waals surface area contributed by atoms with Gasteiger partial charge in [0.2, 0.25) is 0 Å². The molecule has 1 fully saturated rings. The zero-order valence-corrected chi connectivity index (χ0v) is 9.53. The SMILES string of the molecule is CC(C)(CN1CCC1)c1cccc(O)c1. The lowest BCUT2D eigenvalue weighted by atomic mass is 9.83. The summed E-state index contributed by atoms with van der Waals surface area (Å²) >= 11 is 0. The molecule has 1 aliphatic heterocycles. The number of rotatable bonds is 3. The minimum absolute atomic E-state index is 0.124. The van der Waals surface area contributed by atoms with Crippen molar-refractivity contribution >= 4 is 0 Å². The molecule has 0 unspecified atom stereocenters. The van der Waals surface area contributed by atoms with Crippen LogP contribution in [-0.2, 0) is 5.41 Å². The van der Waals surface area contributed by atoms with Gasteiger partial charge in [0.25, 0.3) is 0 Å². The largest absolute Gasteiger partial charge is 0.508 e. The van der Waals surface area contributed by atoms with Gasteiger partial charge in [-0.1, -0.05) is 26.0 Å². The van der Waals surface area contributed by atoms with Crippen molar-refractivity contribution in [1.82, 2.24) is 4.90 Å². The molecule has 0 spiro atoms. The third kappa shape index (κ3) is 2.32. The Labute approximate surface area is 91.5 Å². The highest BCUT2D eigenvalue weighted by molar-refractivity contribution is 5.32. The Kier molecular flexibility index (Phi) is 2.70. The quantitative estimate of drug-likeness (QED) is 0.819. The van der Waals surface area contributed by atoms with Crippen LogP contribution in [-0.4, -0.2) is 29.6 Å². The molecule has 0 amide bonds. The zero-order valence-electron chi connectivity index (χ0n) is 9.53. The van der Waals surface area contributed by atoms with Gasteiger partial charge in [-0.2, -0.15) is 0 Å². The van der Waals surface area contributed by atoms with E-state index in [1.165, 1.54) is 25.1 Å². The fraction of sp³-hybridized carbons (Fsp3) is 0.538.